The second-order valence-corrected chi connectivity index (χ2v) is 10.6. The molecule has 2 aromatic rings. The predicted octanol–water partition coefficient (Wildman–Crippen LogP) is 4.19. The number of rotatable bonds is 4. The van der Waals surface area contributed by atoms with Gasteiger partial charge in [-0.3, -0.25) is 14.2 Å². The minimum absolute atomic E-state index is 0.0237. The topological polar surface area (TPSA) is 48.3 Å². The number of esters is 1. The summed E-state index contributed by atoms with van der Waals surface area (Å²) in [5.74, 6) is 2.19. The number of hydrogen-bond acceptors (Lipinski definition) is 6. The van der Waals surface area contributed by atoms with Gasteiger partial charge in [-0.2, -0.15) is 0 Å². The van der Waals surface area contributed by atoms with Crippen molar-refractivity contribution in [3.8, 4) is 0 Å². The number of hydrogen-bond donors (Lipinski definition) is 0. The summed E-state index contributed by atoms with van der Waals surface area (Å²) in [4.78, 5) is 27.3. The van der Waals surface area contributed by atoms with Crippen LogP contribution in [0.25, 0.3) is 0 Å². The van der Waals surface area contributed by atoms with Crippen molar-refractivity contribution in [2.24, 2.45) is 17.8 Å². The fraction of sp³-hybridized carbons (Fsp3) is 0.579. The van der Waals surface area contributed by atoms with Crippen molar-refractivity contribution in [2.75, 3.05) is 6.61 Å². The first-order valence-electron chi connectivity index (χ1n) is 9.26. The predicted molar refractivity (Wildman–Crippen MR) is 105 cm³/mol. The normalized spacial score (nSPS) is 31.7. The molecule has 2 bridgehead atoms. The first kappa shape index (κ1) is 17.1. The highest BCUT2D eigenvalue weighted by molar-refractivity contribution is 8.00. The van der Waals surface area contributed by atoms with Crippen molar-refractivity contribution >= 4 is 40.4 Å². The Balaban J connectivity index is 1.60. The third-order valence-electron chi connectivity index (χ3n) is 6.13. The average molecular weight is 408 g/mol. The van der Waals surface area contributed by atoms with E-state index in [0.717, 1.165) is 16.9 Å². The molecule has 2 aromatic heterocycles. The lowest BCUT2D eigenvalue weighted by molar-refractivity contribution is -0.144. The Hall–Kier alpha value is -1.05. The number of thiophene rings is 1. The zero-order chi connectivity index (χ0) is 17.8. The van der Waals surface area contributed by atoms with Gasteiger partial charge in [-0.05, 0) is 55.4 Å². The highest BCUT2D eigenvalue weighted by atomic mass is 32.2. The Morgan fingerprint density at radius 3 is 2.96 bits per heavy atom. The molecule has 3 aliphatic rings. The first-order valence-corrected chi connectivity index (χ1v) is 11.8. The van der Waals surface area contributed by atoms with E-state index in [-0.39, 0.29) is 17.4 Å². The molecule has 0 spiro atoms. The minimum atomic E-state index is -0.321. The number of ether oxygens (including phenoxy) is 1. The largest absolute Gasteiger partial charge is 0.465 e. The molecule has 26 heavy (non-hydrogen) atoms. The van der Waals surface area contributed by atoms with Crippen molar-refractivity contribution in [3.05, 3.63) is 36.9 Å². The summed E-state index contributed by atoms with van der Waals surface area (Å²) in [6.45, 7) is 2.18. The fourth-order valence-electron chi connectivity index (χ4n) is 5.21. The molecule has 0 radical (unpaired) electrons. The van der Waals surface area contributed by atoms with Crippen LogP contribution in [-0.4, -0.2) is 22.4 Å². The Labute approximate surface area is 164 Å². The Morgan fingerprint density at radius 1 is 1.35 bits per heavy atom. The van der Waals surface area contributed by atoms with Gasteiger partial charge in [0.15, 0.2) is 0 Å². The average Bonchev–Trinajstić information content (AvgIpc) is 3.38. The molecular weight excluding hydrogens is 386 g/mol. The van der Waals surface area contributed by atoms with Crippen LogP contribution in [0.1, 0.15) is 41.9 Å². The summed E-state index contributed by atoms with van der Waals surface area (Å²) in [5, 5.41) is 3.74. The monoisotopic (exact) mass is 407 g/mol. The second kappa shape index (κ2) is 6.53. The molecule has 0 saturated heterocycles. The van der Waals surface area contributed by atoms with E-state index in [1.165, 1.54) is 40.4 Å². The fourth-order valence-corrected chi connectivity index (χ4v) is 9.32. The van der Waals surface area contributed by atoms with Gasteiger partial charge in [-0.25, -0.2) is 0 Å². The summed E-state index contributed by atoms with van der Waals surface area (Å²) in [5.41, 5.74) is 0. The van der Waals surface area contributed by atoms with Crippen LogP contribution in [0, 0.1) is 17.8 Å². The van der Waals surface area contributed by atoms with Gasteiger partial charge in [0.25, 0.3) is 0 Å². The van der Waals surface area contributed by atoms with Crippen molar-refractivity contribution < 1.29 is 9.53 Å². The van der Waals surface area contributed by atoms with Crippen LogP contribution < -0.4 is 4.87 Å². The lowest BCUT2D eigenvalue weighted by Crippen LogP contribution is -2.34. The number of fused-ring (bicyclic) bond motifs is 6. The van der Waals surface area contributed by atoms with Gasteiger partial charge in [-0.1, -0.05) is 17.4 Å². The third-order valence-corrected chi connectivity index (χ3v) is 9.91. The van der Waals surface area contributed by atoms with Gasteiger partial charge in [0.2, 0.25) is 0 Å². The van der Waals surface area contributed by atoms with Crippen molar-refractivity contribution in [2.45, 2.75) is 48.9 Å². The summed E-state index contributed by atoms with van der Waals surface area (Å²) in [7, 11) is 0. The second-order valence-electron chi connectivity index (χ2n) is 7.41. The minimum Gasteiger partial charge on any atom is -0.465 e. The molecule has 0 amide bonds. The summed E-state index contributed by atoms with van der Waals surface area (Å²) >= 11 is 5.02. The molecule has 4 nitrogen and oxygen atoms in total. The third kappa shape index (κ3) is 2.54. The Bertz CT molecular complexity index is 884. The van der Waals surface area contributed by atoms with E-state index in [2.05, 4.69) is 17.5 Å². The SMILES string of the molecule is CCOC(=O)Cn1c2c(sc1=O)[C@@H](c1cccs1)C1C3CCC(C3)C1S2. The molecule has 2 saturated carbocycles. The van der Waals surface area contributed by atoms with Crippen LogP contribution in [0.4, 0.5) is 0 Å². The highest BCUT2D eigenvalue weighted by Gasteiger charge is 2.55. The maximum atomic E-state index is 12.7. The lowest BCUT2D eigenvalue weighted by atomic mass is 9.77. The van der Waals surface area contributed by atoms with Crippen molar-refractivity contribution in [1.82, 2.24) is 4.57 Å². The van der Waals surface area contributed by atoms with E-state index >= 15 is 0 Å². The van der Waals surface area contributed by atoms with Crippen LogP contribution in [0.3, 0.4) is 0 Å². The maximum Gasteiger partial charge on any atom is 0.326 e. The standard InChI is InChI=1S/C19H21NO3S3/c1-2-23-13(21)9-20-18-17(26-19(20)22)15(12-4-3-7-24-12)14-10-5-6-11(8-10)16(14)25-18/h3-4,7,10-11,14-16H,2,5-6,8-9H2,1H3/t10?,11?,14?,15-,16?/m0/s1. The molecule has 3 heterocycles. The Kier molecular flexibility index (Phi) is 4.29. The van der Waals surface area contributed by atoms with Crippen LogP contribution in [-0.2, 0) is 16.1 Å². The molecule has 1 aliphatic heterocycles. The Morgan fingerprint density at radius 2 is 2.19 bits per heavy atom. The van der Waals surface area contributed by atoms with Crippen molar-refractivity contribution in [1.29, 1.82) is 0 Å². The molecule has 0 N–H and O–H groups in total. The van der Waals surface area contributed by atoms with Crippen LogP contribution in [0.15, 0.2) is 27.3 Å². The smallest absolute Gasteiger partial charge is 0.326 e. The van der Waals surface area contributed by atoms with Crippen molar-refractivity contribution in [3.63, 3.8) is 0 Å². The number of carbonyl (C=O) groups excluding carboxylic acids is 1. The molecule has 0 aromatic carbocycles. The number of carbonyl (C=O) groups is 1. The molecule has 138 valence electrons. The van der Waals surface area contributed by atoms with Gasteiger partial charge >= 0.3 is 10.8 Å². The molecule has 4 unspecified atom stereocenters. The number of thiazole rings is 1. The quantitative estimate of drug-likeness (QED) is 0.713. The summed E-state index contributed by atoms with van der Waals surface area (Å²) in [6, 6.07) is 4.33. The van der Waals surface area contributed by atoms with E-state index < -0.39 is 0 Å². The molecule has 2 fully saturated rings. The van der Waals surface area contributed by atoms with E-state index in [4.69, 9.17) is 4.74 Å². The summed E-state index contributed by atoms with van der Waals surface area (Å²) in [6.07, 6.45) is 3.99. The van der Waals surface area contributed by atoms with Gasteiger partial charge < -0.3 is 4.74 Å². The molecule has 7 heteroatoms. The van der Waals surface area contributed by atoms with Gasteiger partial charge in [0.05, 0.1) is 11.6 Å². The van der Waals surface area contributed by atoms with Gasteiger partial charge in [-0.15, -0.1) is 23.1 Å². The van der Waals surface area contributed by atoms with Crippen LogP contribution in [0.2, 0.25) is 0 Å². The van der Waals surface area contributed by atoms with Gasteiger partial charge in [0, 0.05) is 20.9 Å². The highest BCUT2D eigenvalue weighted by Crippen LogP contribution is 2.64. The zero-order valence-corrected chi connectivity index (χ0v) is 17.0. The number of thioether (sulfide) groups is 1. The van der Waals surface area contributed by atoms with Crippen LogP contribution in [0.5, 0.6) is 0 Å². The summed E-state index contributed by atoms with van der Waals surface area (Å²) < 4.78 is 6.77. The number of aromatic nitrogens is 1. The zero-order valence-electron chi connectivity index (χ0n) is 14.6. The molecular formula is C19H21NO3S3. The lowest BCUT2D eigenvalue weighted by Gasteiger charge is -2.40. The van der Waals surface area contributed by atoms with E-state index in [1.54, 1.807) is 22.8 Å². The van der Waals surface area contributed by atoms with E-state index in [9.17, 15) is 9.59 Å². The van der Waals surface area contributed by atoms with E-state index in [1.807, 2.05) is 11.8 Å². The van der Waals surface area contributed by atoms with E-state index in [0.29, 0.717) is 23.7 Å². The first-order chi connectivity index (χ1) is 12.7. The maximum absolute atomic E-state index is 12.7. The number of nitrogens with zero attached hydrogens (tertiary/aromatic N) is 1. The molecule has 5 atom stereocenters. The molecule has 2 aliphatic carbocycles. The molecule has 5 rings (SSSR count). The van der Waals surface area contributed by atoms with Gasteiger partial charge in [0.1, 0.15) is 6.54 Å². The van der Waals surface area contributed by atoms with Crippen LogP contribution >= 0.6 is 34.4 Å².